The van der Waals surface area contributed by atoms with Crippen LogP contribution < -0.4 is 5.32 Å². The summed E-state index contributed by atoms with van der Waals surface area (Å²) in [6.45, 7) is 0.697. The first kappa shape index (κ1) is 10.5. The summed E-state index contributed by atoms with van der Waals surface area (Å²) in [4.78, 5) is 24.3. The van der Waals surface area contributed by atoms with Crippen molar-refractivity contribution in [3.63, 3.8) is 0 Å². The van der Waals surface area contributed by atoms with Gasteiger partial charge in [-0.15, -0.1) is 0 Å². The first-order valence-corrected chi connectivity index (χ1v) is 5.40. The minimum atomic E-state index is -0.255. The molecule has 1 rings (SSSR count). The maximum absolute atomic E-state index is 11.3. The minimum Gasteiger partial charge on any atom is -0.357 e. The van der Waals surface area contributed by atoms with Gasteiger partial charge < -0.3 is 10.2 Å². The number of hydrogen-bond donors (Lipinski definition) is 1. The normalized spacial score (nSPS) is 21.7. The van der Waals surface area contributed by atoms with Crippen molar-refractivity contribution in [1.82, 2.24) is 10.2 Å². The van der Waals surface area contributed by atoms with E-state index in [1.807, 2.05) is 0 Å². The number of nitrogens with zero attached hydrogens (tertiary/aromatic N) is 1. The van der Waals surface area contributed by atoms with Crippen LogP contribution in [0.5, 0.6) is 0 Å². The molecule has 1 saturated heterocycles. The maximum atomic E-state index is 11.3. The SMILES string of the molecule is CNC(=O)[C@H]1CCCN1C(=O)CBr. The zero-order chi connectivity index (χ0) is 9.84. The maximum Gasteiger partial charge on any atom is 0.242 e. The molecule has 13 heavy (non-hydrogen) atoms. The third-order valence-corrected chi connectivity index (χ3v) is 2.72. The quantitative estimate of drug-likeness (QED) is 0.706. The third-order valence-electron chi connectivity index (χ3n) is 2.24. The Balaban J connectivity index is 2.63. The molecule has 0 saturated carbocycles. The average molecular weight is 249 g/mol. The highest BCUT2D eigenvalue weighted by Gasteiger charge is 2.32. The summed E-state index contributed by atoms with van der Waals surface area (Å²) in [7, 11) is 1.59. The lowest BCUT2D eigenvalue weighted by Crippen LogP contribution is -2.45. The van der Waals surface area contributed by atoms with Crippen molar-refractivity contribution in [2.45, 2.75) is 18.9 Å². The molecule has 0 radical (unpaired) electrons. The van der Waals surface area contributed by atoms with E-state index in [0.717, 1.165) is 12.8 Å². The number of hydrogen-bond acceptors (Lipinski definition) is 2. The zero-order valence-electron chi connectivity index (χ0n) is 7.55. The fourth-order valence-corrected chi connectivity index (χ4v) is 1.90. The van der Waals surface area contributed by atoms with Gasteiger partial charge in [-0.05, 0) is 12.8 Å². The van der Waals surface area contributed by atoms with E-state index >= 15 is 0 Å². The van der Waals surface area contributed by atoms with Crippen molar-refractivity contribution in [1.29, 1.82) is 0 Å². The summed E-state index contributed by atoms with van der Waals surface area (Å²) in [6.07, 6.45) is 1.69. The fraction of sp³-hybridized carbons (Fsp3) is 0.750. The van der Waals surface area contributed by atoms with Gasteiger partial charge in [-0.2, -0.15) is 0 Å². The lowest BCUT2D eigenvalue weighted by atomic mass is 10.2. The van der Waals surface area contributed by atoms with E-state index in [2.05, 4.69) is 21.2 Å². The number of likely N-dealkylation sites (tertiary alicyclic amines) is 1. The highest BCUT2D eigenvalue weighted by atomic mass is 79.9. The largest absolute Gasteiger partial charge is 0.357 e. The van der Waals surface area contributed by atoms with Gasteiger partial charge in [0.25, 0.3) is 0 Å². The third kappa shape index (κ3) is 2.21. The lowest BCUT2D eigenvalue weighted by Gasteiger charge is -2.22. The summed E-state index contributed by atoms with van der Waals surface area (Å²) < 4.78 is 0. The first-order valence-electron chi connectivity index (χ1n) is 4.27. The number of halogens is 1. The van der Waals surface area contributed by atoms with Crippen molar-refractivity contribution in [2.75, 3.05) is 18.9 Å². The Morgan fingerprint density at radius 1 is 1.62 bits per heavy atom. The number of likely N-dealkylation sites (N-methyl/N-ethyl adjacent to an activating group) is 1. The Morgan fingerprint density at radius 3 is 2.85 bits per heavy atom. The molecular formula is C8H13BrN2O2. The Labute approximate surface area is 85.8 Å². The monoisotopic (exact) mass is 248 g/mol. The average Bonchev–Trinajstić information content (AvgIpc) is 2.63. The Morgan fingerprint density at radius 2 is 2.31 bits per heavy atom. The van der Waals surface area contributed by atoms with Gasteiger partial charge in [0, 0.05) is 13.6 Å². The fourth-order valence-electron chi connectivity index (χ4n) is 1.58. The van der Waals surface area contributed by atoms with Crippen molar-refractivity contribution in [3.8, 4) is 0 Å². The van der Waals surface area contributed by atoms with Gasteiger partial charge in [-0.1, -0.05) is 15.9 Å². The molecule has 0 aliphatic carbocycles. The Kier molecular flexibility index (Phi) is 3.71. The van der Waals surface area contributed by atoms with Crippen LogP contribution in [0.4, 0.5) is 0 Å². The molecular weight excluding hydrogens is 236 g/mol. The van der Waals surface area contributed by atoms with Crippen LogP contribution in [-0.4, -0.2) is 41.7 Å². The molecule has 5 heteroatoms. The molecule has 2 amide bonds. The molecule has 0 aromatic rings. The van der Waals surface area contributed by atoms with Gasteiger partial charge in [0.05, 0.1) is 5.33 Å². The van der Waals surface area contributed by atoms with E-state index in [-0.39, 0.29) is 17.9 Å². The second-order valence-corrected chi connectivity index (χ2v) is 3.55. The van der Waals surface area contributed by atoms with E-state index in [1.165, 1.54) is 0 Å². The topological polar surface area (TPSA) is 49.4 Å². The van der Waals surface area contributed by atoms with Crippen molar-refractivity contribution in [3.05, 3.63) is 0 Å². The molecule has 74 valence electrons. The van der Waals surface area contributed by atoms with Crippen molar-refractivity contribution >= 4 is 27.7 Å². The van der Waals surface area contributed by atoms with Gasteiger partial charge in [-0.3, -0.25) is 9.59 Å². The van der Waals surface area contributed by atoms with Crippen LogP contribution in [-0.2, 0) is 9.59 Å². The second kappa shape index (κ2) is 4.60. The predicted octanol–water partition coefficient (Wildman–Crippen LogP) is 0.118. The molecule has 1 N–H and O–H groups in total. The van der Waals surface area contributed by atoms with Gasteiger partial charge in [0.1, 0.15) is 6.04 Å². The molecule has 1 aliphatic heterocycles. The number of alkyl halides is 1. The number of amides is 2. The van der Waals surface area contributed by atoms with Crippen LogP contribution in [0.1, 0.15) is 12.8 Å². The molecule has 0 aromatic carbocycles. The molecule has 1 heterocycles. The van der Waals surface area contributed by atoms with Gasteiger partial charge in [0.15, 0.2) is 0 Å². The second-order valence-electron chi connectivity index (χ2n) is 2.99. The van der Waals surface area contributed by atoms with Gasteiger partial charge >= 0.3 is 0 Å². The first-order chi connectivity index (χ1) is 6.20. The zero-order valence-corrected chi connectivity index (χ0v) is 9.13. The molecule has 0 unspecified atom stereocenters. The number of carbonyl (C=O) groups excluding carboxylic acids is 2. The lowest BCUT2D eigenvalue weighted by molar-refractivity contribution is -0.136. The molecule has 4 nitrogen and oxygen atoms in total. The van der Waals surface area contributed by atoms with E-state index < -0.39 is 0 Å². The molecule has 1 fully saturated rings. The molecule has 1 aliphatic rings. The smallest absolute Gasteiger partial charge is 0.242 e. The molecule has 0 aromatic heterocycles. The summed E-state index contributed by atoms with van der Waals surface area (Å²) in [5.74, 6) is -0.0714. The summed E-state index contributed by atoms with van der Waals surface area (Å²) in [5, 5.41) is 2.86. The molecule has 0 spiro atoms. The Bertz CT molecular complexity index is 198. The summed E-state index contributed by atoms with van der Waals surface area (Å²) >= 11 is 3.10. The highest BCUT2D eigenvalue weighted by Crippen LogP contribution is 2.17. The van der Waals surface area contributed by atoms with Crippen LogP contribution in [0.2, 0.25) is 0 Å². The van der Waals surface area contributed by atoms with Crippen LogP contribution in [0.3, 0.4) is 0 Å². The van der Waals surface area contributed by atoms with Crippen LogP contribution in [0, 0.1) is 0 Å². The van der Waals surface area contributed by atoms with Crippen molar-refractivity contribution < 1.29 is 9.59 Å². The van der Waals surface area contributed by atoms with Crippen LogP contribution in [0.25, 0.3) is 0 Å². The number of carbonyl (C=O) groups is 2. The predicted molar refractivity (Wildman–Crippen MR) is 52.6 cm³/mol. The highest BCUT2D eigenvalue weighted by molar-refractivity contribution is 9.09. The van der Waals surface area contributed by atoms with Crippen molar-refractivity contribution in [2.24, 2.45) is 0 Å². The molecule has 0 bridgehead atoms. The number of rotatable bonds is 2. The van der Waals surface area contributed by atoms with E-state index in [1.54, 1.807) is 11.9 Å². The van der Waals surface area contributed by atoms with E-state index in [4.69, 9.17) is 0 Å². The molecule has 1 atom stereocenters. The van der Waals surface area contributed by atoms with Gasteiger partial charge in [-0.25, -0.2) is 0 Å². The van der Waals surface area contributed by atoms with Crippen LogP contribution >= 0.6 is 15.9 Å². The Hall–Kier alpha value is -0.580. The minimum absolute atomic E-state index is 0.00824. The van der Waals surface area contributed by atoms with E-state index in [9.17, 15) is 9.59 Å². The number of nitrogens with one attached hydrogen (secondary N) is 1. The standard InChI is InChI=1S/C8H13BrN2O2/c1-10-8(13)6-3-2-4-11(6)7(12)5-9/h6H,2-5H2,1H3,(H,10,13)/t6-/m1/s1. The summed E-state index contributed by atoms with van der Waals surface area (Å²) in [5.41, 5.74) is 0. The summed E-state index contributed by atoms with van der Waals surface area (Å²) in [6, 6.07) is -0.255. The van der Waals surface area contributed by atoms with Gasteiger partial charge in [0.2, 0.25) is 11.8 Å². The van der Waals surface area contributed by atoms with E-state index in [0.29, 0.717) is 11.9 Å². The van der Waals surface area contributed by atoms with Crippen LogP contribution in [0.15, 0.2) is 0 Å².